The van der Waals surface area contributed by atoms with Crippen molar-refractivity contribution in [1.29, 1.82) is 0 Å². The highest BCUT2D eigenvalue weighted by atomic mass is 16.5. The number of hydrogen-bond acceptors (Lipinski definition) is 8. The fraction of sp³-hybridized carbons (Fsp3) is 0.448. The molecule has 3 heterocycles. The van der Waals surface area contributed by atoms with E-state index in [1.165, 1.54) is 0 Å². The minimum absolute atomic E-state index is 0.111. The Hall–Kier alpha value is -3.76. The smallest absolute Gasteiger partial charge is 0.252 e. The summed E-state index contributed by atoms with van der Waals surface area (Å²) in [4.78, 5) is 18.5. The van der Waals surface area contributed by atoms with Gasteiger partial charge in [0.1, 0.15) is 11.5 Å². The Bertz CT molecular complexity index is 1430. The molecule has 2 aromatic heterocycles. The van der Waals surface area contributed by atoms with Crippen LogP contribution in [-0.4, -0.2) is 56.5 Å². The van der Waals surface area contributed by atoms with Gasteiger partial charge < -0.3 is 19.2 Å². The summed E-state index contributed by atoms with van der Waals surface area (Å²) < 4.78 is 18.8. The Morgan fingerprint density at radius 2 is 1.95 bits per heavy atom. The number of H-pyrrole nitrogens is 1. The maximum absolute atomic E-state index is 13.2. The van der Waals surface area contributed by atoms with Crippen molar-refractivity contribution in [2.45, 2.75) is 64.9 Å². The van der Waals surface area contributed by atoms with Gasteiger partial charge in [-0.3, -0.25) is 9.69 Å². The zero-order valence-electron chi connectivity index (χ0n) is 22.8. The topological polar surface area (TPSA) is 107 Å². The molecule has 206 valence electrons. The van der Waals surface area contributed by atoms with E-state index >= 15 is 0 Å². The van der Waals surface area contributed by atoms with Gasteiger partial charge in [-0.05, 0) is 78.6 Å². The Balaban J connectivity index is 1.49. The number of hydrogen-bond donors (Lipinski definition) is 1. The predicted octanol–water partition coefficient (Wildman–Crippen LogP) is 4.25. The maximum atomic E-state index is 13.2. The predicted molar refractivity (Wildman–Crippen MR) is 148 cm³/mol. The summed E-state index contributed by atoms with van der Waals surface area (Å²) in [5, 5.41) is 13.7. The van der Waals surface area contributed by atoms with Crippen LogP contribution in [0.4, 0.5) is 0 Å². The highest BCUT2D eigenvalue weighted by molar-refractivity contribution is 5.80. The minimum Gasteiger partial charge on any atom is -0.497 e. The third-order valence-corrected chi connectivity index (χ3v) is 7.21. The van der Waals surface area contributed by atoms with E-state index in [4.69, 9.17) is 14.2 Å². The molecule has 0 amide bonds. The van der Waals surface area contributed by atoms with Crippen molar-refractivity contribution in [3.63, 3.8) is 0 Å². The maximum Gasteiger partial charge on any atom is 0.252 e. The first kappa shape index (κ1) is 26.8. The van der Waals surface area contributed by atoms with Crippen molar-refractivity contribution in [2.75, 3.05) is 20.3 Å². The summed E-state index contributed by atoms with van der Waals surface area (Å²) in [7, 11) is 1.66. The van der Waals surface area contributed by atoms with E-state index < -0.39 is 0 Å². The zero-order valence-corrected chi connectivity index (χ0v) is 22.8. The molecule has 1 aliphatic rings. The number of rotatable bonds is 12. The van der Waals surface area contributed by atoms with Gasteiger partial charge in [0.25, 0.3) is 5.56 Å². The molecule has 0 aliphatic carbocycles. The van der Waals surface area contributed by atoms with Crippen LogP contribution in [0.25, 0.3) is 10.9 Å². The van der Waals surface area contributed by atoms with Gasteiger partial charge in [-0.15, -0.1) is 5.10 Å². The van der Waals surface area contributed by atoms with E-state index in [0.29, 0.717) is 31.8 Å². The van der Waals surface area contributed by atoms with Crippen LogP contribution in [0.1, 0.15) is 56.1 Å². The number of nitrogens with one attached hydrogen (secondary N) is 1. The van der Waals surface area contributed by atoms with Gasteiger partial charge in [-0.1, -0.05) is 19.1 Å². The van der Waals surface area contributed by atoms with E-state index in [1.807, 2.05) is 60.1 Å². The molecule has 1 aliphatic heterocycles. The van der Waals surface area contributed by atoms with Gasteiger partial charge in [0.05, 0.1) is 32.4 Å². The van der Waals surface area contributed by atoms with Gasteiger partial charge in [-0.25, -0.2) is 4.68 Å². The molecule has 4 aromatic rings. The van der Waals surface area contributed by atoms with Gasteiger partial charge >= 0.3 is 0 Å². The van der Waals surface area contributed by atoms with Crippen molar-refractivity contribution < 1.29 is 14.2 Å². The summed E-state index contributed by atoms with van der Waals surface area (Å²) in [5.41, 5.74) is 2.44. The van der Waals surface area contributed by atoms with Crippen molar-refractivity contribution in [3.8, 4) is 11.5 Å². The van der Waals surface area contributed by atoms with Crippen LogP contribution in [0.5, 0.6) is 11.5 Å². The van der Waals surface area contributed by atoms with Crippen LogP contribution >= 0.6 is 0 Å². The first-order valence-corrected chi connectivity index (χ1v) is 13.6. The monoisotopic (exact) mass is 532 g/mol. The lowest BCUT2D eigenvalue weighted by atomic mass is 10.1. The largest absolute Gasteiger partial charge is 0.497 e. The molecule has 2 atom stereocenters. The molecule has 1 N–H and O–H groups in total. The number of fused-ring (bicyclic) bond motifs is 1. The first-order chi connectivity index (χ1) is 19.1. The van der Waals surface area contributed by atoms with E-state index in [-0.39, 0.29) is 17.7 Å². The molecular formula is C29H36N6O4. The second kappa shape index (κ2) is 12.4. The van der Waals surface area contributed by atoms with Gasteiger partial charge in [-0.2, -0.15) is 0 Å². The second-order valence-corrected chi connectivity index (χ2v) is 9.84. The zero-order chi connectivity index (χ0) is 27.2. The molecule has 0 radical (unpaired) electrons. The van der Waals surface area contributed by atoms with Crippen molar-refractivity contribution in [1.82, 2.24) is 30.1 Å². The Kier molecular flexibility index (Phi) is 8.53. The number of aromatic amines is 1. The molecule has 5 rings (SSSR count). The summed E-state index contributed by atoms with van der Waals surface area (Å²) in [5.74, 6) is 2.35. The quantitative estimate of drug-likeness (QED) is 0.289. The molecule has 39 heavy (non-hydrogen) atoms. The number of methoxy groups -OCH3 is 1. The molecule has 0 saturated carbocycles. The highest BCUT2D eigenvalue weighted by Crippen LogP contribution is 2.28. The fourth-order valence-electron chi connectivity index (χ4n) is 5.23. The molecular weight excluding hydrogens is 496 g/mol. The van der Waals surface area contributed by atoms with E-state index in [2.05, 4.69) is 32.3 Å². The number of ether oxygens (including phenoxy) is 3. The first-order valence-electron chi connectivity index (χ1n) is 13.6. The SMILES string of the molecule is CCOc1ccc2[nH]c(=O)c(CN(Cc3ccc(OC)cc3)[C@H](CC)c3nnnn3C[C@H]3CCCO3)cc2c1. The van der Waals surface area contributed by atoms with Crippen LogP contribution in [0.15, 0.2) is 53.3 Å². The third-order valence-electron chi connectivity index (χ3n) is 7.21. The normalized spacial score (nSPS) is 16.2. The molecule has 10 heteroatoms. The van der Waals surface area contributed by atoms with Crippen LogP contribution in [-0.2, 0) is 24.4 Å². The molecule has 0 bridgehead atoms. The summed E-state index contributed by atoms with van der Waals surface area (Å²) in [6.07, 6.45) is 2.94. The average Bonchev–Trinajstić information content (AvgIpc) is 3.63. The van der Waals surface area contributed by atoms with Crippen LogP contribution in [0.3, 0.4) is 0 Å². The van der Waals surface area contributed by atoms with Gasteiger partial charge in [0, 0.05) is 36.2 Å². The summed E-state index contributed by atoms with van der Waals surface area (Å²) >= 11 is 0. The van der Waals surface area contributed by atoms with Crippen molar-refractivity contribution >= 4 is 10.9 Å². The highest BCUT2D eigenvalue weighted by Gasteiger charge is 2.28. The van der Waals surface area contributed by atoms with E-state index in [9.17, 15) is 4.79 Å². The van der Waals surface area contributed by atoms with Crippen molar-refractivity contribution in [3.05, 3.63) is 75.8 Å². The molecule has 10 nitrogen and oxygen atoms in total. The van der Waals surface area contributed by atoms with Crippen molar-refractivity contribution in [2.24, 2.45) is 0 Å². The fourth-order valence-corrected chi connectivity index (χ4v) is 5.23. The summed E-state index contributed by atoms with van der Waals surface area (Å²) in [6.45, 7) is 7.07. The summed E-state index contributed by atoms with van der Waals surface area (Å²) in [6, 6.07) is 15.6. The number of nitrogens with zero attached hydrogens (tertiary/aromatic N) is 5. The number of aromatic nitrogens is 5. The molecule has 0 unspecified atom stereocenters. The number of pyridine rings is 1. The van der Waals surface area contributed by atoms with Gasteiger partial charge in [0.2, 0.25) is 0 Å². The number of tetrazole rings is 1. The van der Waals surface area contributed by atoms with Crippen LogP contribution in [0, 0.1) is 0 Å². The Labute approximate surface area is 227 Å². The molecule has 1 fully saturated rings. The molecule has 0 spiro atoms. The van der Waals surface area contributed by atoms with Crippen LogP contribution < -0.4 is 15.0 Å². The van der Waals surface area contributed by atoms with Gasteiger partial charge in [0.15, 0.2) is 5.82 Å². The second-order valence-electron chi connectivity index (χ2n) is 9.84. The standard InChI is InChI=1S/C29H36N6O4/c1-4-27(28-31-32-33-35(28)19-25-7-6-14-39-25)34(17-20-8-10-23(37-3)11-9-20)18-22-15-21-16-24(38-5-2)12-13-26(21)30-29(22)36/h8-13,15-16,25,27H,4-7,14,17-19H2,1-3H3,(H,30,36)/t25-,27-/m1/s1. The lowest BCUT2D eigenvalue weighted by Gasteiger charge is -2.30. The number of benzene rings is 2. The lowest BCUT2D eigenvalue weighted by molar-refractivity contribution is 0.0888. The van der Waals surface area contributed by atoms with Crippen LogP contribution in [0.2, 0.25) is 0 Å². The average molecular weight is 533 g/mol. The molecule has 2 aromatic carbocycles. The lowest BCUT2D eigenvalue weighted by Crippen LogP contribution is -2.33. The Morgan fingerprint density at radius 1 is 1.13 bits per heavy atom. The molecule has 1 saturated heterocycles. The third kappa shape index (κ3) is 6.29. The minimum atomic E-state index is -0.117. The Morgan fingerprint density at radius 3 is 2.67 bits per heavy atom. The van der Waals surface area contributed by atoms with E-state index in [0.717, 1.165) is 59.7 Å². The van der Waals surface area contributed by atoms with E-state index in [1.54, 1.807) is 7.11 Å².